The number of benzene rings is 2. The van der Waals surface area contributed by atoms with E-state index in [9.17, 15) is 9.59 Å². The molecule has 0 bridgehead atoms. The summed E-state index contributed by atoms with van der Waals surface area (Å²) in [5.74, 6) is 6.73. The zero-order valence-electron chi connectivity index (χ0n) is 16.3. The number of piperazine rings is 1. The van der Waals surface area contributed by atoms with Gasteiger partial charge in [0.05, 0.1) is 6.04 Å². The molecule has 3 aliphatic rings. The summed E-state index contributed by atoms with van der Waals surface area (Å²) in [6.45, 7) is 1.69. The summed E-state index contributed by atoms with van der Waals surface area (Å²) in [7, 11) is 0. The van der Waals surface area contributed by atoms with Gasteiger partial charge in [0, 0.05) is 29.9 Å². The molecule has 1 saturated heterocycles. The molecule has 6 rings (SSSR count). The molecule has 0 saturated carbocycles. The van der Waals surface area contributed by atoms with Crippen molar-refractivity contribution >= 4 is 22.7 Å². The van der Waals surface area contributed by atoms with Crippen LogP contribution in [0.4, 0.5) is 0 Å². The summed E-state index contributed by atoms with van der Waals surface area (Å²) in [5.41, 5.74) is 3.80. The van der Waals surface area contributed by atoms with Crippen LogP contribution in [0.5, 0.6) is 11.5 Å². The number of hydrogen-bond acceptors (Lipinski definition) is 5. The molecular formula is C22H20N4O4. The number of hydrogen-bond donors (Lipinski definition) is 2. The van der Waals surface area contributed by atoms with Crippen molar-refractivity contribution in [1.29, 1.82) is 0 Å². The summed E-state index contributed by atoms with van der Waals surface area (Å²) in [6.07, 6.45) is 0.0670. The van der Waals surface area contributed by atoms with Gasteiger partial charge in [-0.25, -0.2) is 5.84 Å². The van der Waals surface area contributed by atoms with Crippen molar-refractivity contribution < 1.29 is 19.1 Å². The number of carbonyl (C=O) groups is 2. The molecule has 1 aromatic heterocycles. The van der Waals surface area contributed by atoms with Crippen molar-refractivity contribution in [3.05, 3.63) is 59.3 Å². The zero-order valence-corrected chi connectivity index (χ0v) is 16.3. The van der Waals surface area contributed by atoms with Crippen LogP contribution in [-0.2, 0) is 16.0 Å². The second-order valence-corrected chi connectivity index (χ2v) is 7.96. The normalized spacial score (nSPS) is 24.9. The molecule has 2 unspecified atom stereocenters. The van der Waals surface area contributed by atoms with Crippen LogP contribution in [0.1, 0.15) is 29.8 Å². The molecule has 1 fully saturated rings. The zero-order chi connectivity index (χ0) is 20.6. The minimum Gasteiger partial charge on any atom is -0.451 e. The number of carbonyl (C=O) groups excluding carboxylic acids is 2. The van der Waals surface area contributed by atoms with Crippen LogP contribution in [0.3, 0.4) is 0 Å². The minimum absolute atomic E-state index is 0.136. The largest absolute Gasteiger partial charge is 0.451 e. The fourth-order valence-electron chi connectivity index (χ4n) is 4.90. The Bertz CT molecular complexity index is 1220. The van der Waals surface area contributed by atoms with Gasteiger partial charge >= 0.3 is 0 Å². The number of nitrogens with two attached hydrogens (primary N) is 1. The number of aromatic amines is 1. The monoisotopic (exact) mass is 404 g/mol. The number of nitrogens with zero attached hydrogens (tertiary/aromatic N) is 2. The van der Waals surface area contributed by atoms with Gasteiger partial charge in [0.25, 0.3) is 5.91 Å². The van der Waals surface area contributed by atoms with Crippen LogP contribution in [0.2, 0.25) is 0 Å². The molecule has 3 aromatic rings. The van der Waals surface area contributed by atoms with E-state index in [1.165, 1.54) is 0 Å². The highest BCUT2D eigenvalue weighted by atomic mass is 16.7. The first-order valence-corrected chi connectivity index (χ1v) is 9.95. The van der Waals surface area contributed by atoms with Gasteiger partial charge in [-0.05, 0) is 29.3 Å². The Hall–Kier alpha value is -3.52. The number of rotatable bonds is 1. The Kier molecular flexibility index (Phi) is 3.47. The van der Waals surface area contributed by atoms with Crippen molar-refractivity contribution in [2.45, 2.75) is 31.7 Å². The SMILES string of the molecule is CC1Oc2ccc([C@@H]3c4[nH]c5ccccc5c4CC4C(=O)N(N)CC(=O)N43)cc2O1. The summed E-state index contributed by atoms with van der Waals surface area (Å²) < 4.78 is 11.4. The van der Waals surface area contributed by atoms with E-state index in [1.54, 1.807) is 4.90 Å². The van der Waals surface area contributed by atoms with Gasteiger partial charge in [0.2, 0.25) is 12.2 Å². The highest BCUT2D eigenvalue weighted by Crippen LogP contribution is 2.45. The smallest absolute Gasteiger partial charge is 0.260 e. The van der Waals surface area contributed by atoms with E-state index in [0.717, 1.165) is 32.7 Å². The number of para-hydroxylation sites is 1. The van der Waals surface area contributed by atoms with E-state index in [2.05, 4.69) is 4.98 Å². The van der Waals surface area contributed by atoms with Crippen molar-refractivity contribution in [3.63, 3.8) is 0 Å². The molecule has 4 heterocycles. The van der Waals surface area contributed by atoms with Gasteiger partial charge in [-0.2, -0.15) is 0 Å². The fourth-order valence-corrected chi connectivity index (χ4v) is 4.90. The maximum Gasteiger partial charge on any atom is 0.260 e. The third kappa shape index (κ3) is 2.31. The molecule has 3 N–H and O–H groups in total. The third-order valence-corrected chi connectivity index (χ3v) is 6.16. The van der Waals surface area contributed by atoms with Crippen LogP contribution in [-0.4, -0.2) is 45.6 Å². The molecule has 3 atom stereocenters. The van der Waals surface area contributed by atoms with Gasteiger partial charge in [0.15, 0.2) is 11.5 Å². The van der Waals surface area contributed by atoms with Crippen LogP contribution < -0.4 is 15.3 Å². The second kappa shape index (κ2) is 5.99. The minimum atomic E-state index is -0.641. The van der Waals surface area contributed by atoms with E-state index in [4.69, 9.17) is 15.3 Å². The van der Waals surface area contributed by atoms with E-state index < -0.39 is 12.1 Å². The summed E-state index contributed by atoms with van der Waals surface area (Å²) in [5, 5.41) is 2.09. The number of ether oxygens (including phenoxy) is 2. The lowest BCUT2D eigenvalue weighted by atomic mass is 9.86. The summed E-state index contributed by atoms with van der Waals surface area (Å²) in [6, 6.07) is 12.6. The van der Waals surface area contributed by atoms with Gasteiger partial charge < -0.3 is 19.4 Å². The number of amides is 2. The summed E-state index contributed by atoms with van der Waals surface area (Å²) in [4.78, 5) is 31.2. The quantitative estimate of drug-likeness (QED) is 0.476. The summed E-state index contributed by atoms with van der Waals surface area (Å²) >= 11 is 0. The van der Waals surface area contributed by atoms with E-state index in [-0.39, 0.29) is 24.6 Å². The Labute approximate surface area is 172 Å². The molecular weight excluding hydrogens is 384 g/mol. The Morgan fingerprint density at radius 3 is 2.77 bits per heavy atom. The predicted octanol–water partition coefficient (Wildman–Crippen LogP) is 1.84. The molecule has 0 spiro atoms. The predicted molar refractivity (Wildman–Crippen MR) is 108 cm³/mol. The standard InChI is InChI=1S/C22H20N4O4/c1-11-29-17-7-6-12(8-18(17)30-11)21-20-14(13-4-2-3-5-15(13)24-20)9-16-22(28)25(23)10-19(27)26(16)21/h2-8,11,16,21,24H,9-10,23H2,1H3/t11?,16?,21-/m1/s1. The Morgan fingerprint density at radius 1 is 1.10 bits per heavy atom. The Balaban J connectivity index is 1.57. The van der Waals surface area contributed by atoms with Crippen molar-refractivity contribution in [2.75, 3.05) is 6.54 Å². The molecule has 152 valence electrons. The average Bonchev–Trinajstić information content (AvgIpc) is 3.29. The van der Waals surface area contributed by atoms with Crippen molar-refractivity contribution in [3.8, 4) is 11.5 Å². The van der Waals surface area contributed by atoms with Gasteiger partial charge in [-0.3, -0.25) is 14.6 Å². The molecule has 3 aliphatic heterocycles. The van der Waals surface area contributed by atoms with Gasteiger partial charge in [0.1, 0.15) is 12.6 Å². The lowest BCUT2D eigenvalue weighted by Gasteiger charge is -2.46. The highest BCUT2D eigenvalue weighted by molar-refractivity contribution is 5.97. The molecule has 8 nitrogen and oxygen atoms in total. The lowest BCUT2D eigenvalue weighted by molar-refractivity contribution is -0.158. The first-order chi connectivity index (χ1) is 14.5. The van der Waals surface area contributed by atoms with Crippen molar-refractivity contribution in [1.82, 2.24) is 14.9 Å². The molecule has 8 heteroatoms. The van der Waals surface area contributed by atoms with E-state index >= 15 is 0 Å². The van der Waals surface area contributed by atoms with E-state index in [1.807, 2.05) is 49.4 Å². The first kappa shape index (κ1) is 17.3. The lowest BCUT2D eigenvalue weighted by Crippen LogP contribution is -2.64. The van der Waals surface area contributed by atoms with Crippen LogP contribution in [0.15, 0.2) is 42.5 Å². The van der Waals surface area contributed by atoms with Crippen LogP contribution in [0, 0.1) is 0 Å². The fraction of sp³-hybridized carbons (Fsp3) is 0.273. The number of fused-ring (bicyclic) bond motifs is 5. The second-order valence-electron chi connectivity index (χ2n) is 7.96. The molecule has 0 radical (unpaired) electrons. The van der Waals surface area contributed by atoms with Crippen LogP contribution in [0.25, 0.3) is 10.9 Å². The van der Waals surface area contributed by atoms with Gasteiger partial charge in [-0.15, -0.1) is 0 Å². The van der Waals surface area contributed by atoms with Crippen molar-refractivity contribution in [2.24, 2.45) is 5.84 Å². The molecule has 30 heavy (non-hydrogen) atoms. The third-order valence-electron chi connectivity index (χ3n) is 6.16. The number of hydrazine groups is 1. The van der Waals surface area contributed by atoms with E-state index in [0.29, 0.717) is 17.9 Å². The molecule has 0 aliphatic carbocycles. The topological polar surface area (TPSA) is 101 Å². The Morgan fingerprint density at radius 2 is 1.90 bits per heavy atom. The van der Waals surface area contributed by atoms with Crippen LogP contribution >= 0.6 is 0 Å². The first-order valence-electron chi connectivity index (χ1n) is 9.95. The number of nitrogens with one attached hydrogen (secondary N) is 1. The van der Waals surface area contributed by atoms with Gasteiger partial charge in [-0.1, -0.05) is 24.3 Å². The molecule has 2 aromatic carbocycles. The maximum absolute atomic E-state index is 13.1. The maximum atomic E-state index is 13.1. The number of aromatic nitrogens is 1. The highest BCUT2D eigenvalue weighted by Gasteiger charge is 2.48. The average molecular weight is 404 g/mol. The number of H-pyrrole nitrogens is 1. The molecule has 2 amide bonds.